The first-order chi connectivity index (χ1) is 8.06. The van der Waals surface area contributed by atoms with Crippen LogP contribution in [0.2, 0.25) is 0 Å². The topological polar surface area (TPSA) is 58.6 Å². The predicted octanol–water partition coefficient (Wildman–Crippen LogP) is 0.539. The average Bonchev–Trinajstić information content (AvgIpc) is 2.76. The van der Waals surface area contributed by atoms with Gasteiger partial charge in [-0.1, -0.05) is 13.8 Å². The first-order valence-corrected chi connectivity index (χ1v) is 6.17. The molecule has 1 heterocycles. The van der Waals surface area contributed by atoms with Gasteiger partial charge < -0.3 is 15.0 Å². The van der Waals surface area contributed by atoms with Crippen LogP contribution in [0.5, 0.6) is 0 Å². The van der Waals surface area contributed by atoms with Crippen molar-refractivity contribution in [3.05, 3.63) is 0 Å². The van der Waals surface area contributed by atoms with E-state index < -0.39 is 0 Å². The van der Waals surface area contributed by atoms with Crippen molar-refractivity contribution in [1.82, 2.24) is 10.2 Å². The van der Waals surface area contributed by atoms with E-state index in [0.29, 0.717) is 25.6 Å². The number of ether oxygens (including phenoxy) is 1. The molecule has 17 heavy (non-hydrogen) atoms. The van der Waals surface area contributed by atoms with Crippen molar-refractivity contribution in [1.29, 1.82) is 0 Å². The summed E-state index contributed by atoms with van der Waals surface area (Å²) in [7, 11) is 1.36. The number of hydrogen-bond acceptors (Lipinski definition) is 4. The first-order valence-electron chi connectivity index (χ1n) is 6.17. The summed E-state index contributed by atoms with van der Waals surface area (Å²) >= 11 is 0. The van der Waals surface area contributed by atoms with Crippen LogP contribution < -0.4 is 5.32 Å². The molecule has 0 radical (unpaired) electrons. The highest BCUT2D eigenvalue weighted by molar-refractivity contribution is 5.85. The van der Waals surface area contributed by atoms with Gasteiger partial charge in [0, 0.05) is 25.6 Å². The molecule has 0 spiro atoms. The van der Waals surface area contributed by atoms with Crippen molar-refractivity contribution in [3.63, 3.8) is 0 Å². The van der Waals surface area contributed by atoms with Gasteiger partial charge in [0.15, 0.2) is 0 Å². The summed E-state index contributed by atoms with van der Waals surface area (Å²) in [5.74, 6) is -0.265. The van der Waals surface area contributed by atoms with Crippen molar-refractivity contribution in [2.45, 2.75) is 45.2 Å². The van der Waals surface area contributed by atoms with Crippen molar-refractivity contribution in [2.24, 2.45) is 0 Å². The predicted molar refractivity (Wildman–Crippen MR) is 64.5 cm³/mol. The summed E-state index contributed by atoms with van der Waals surface area (Å²) < 4.78 is 4.71. The number of carbonyl (C=O) groups excluding carboxylic acids is 2. The van der Waals surface area contributed by atoms with Gasteiger partial charge in [-0.15, -0.1) is 0 Å². The monoisotopic (exact) mass is 242 g/mol. The minimum absolute atomic E-state index is 0.0334. The quantitative estimate of drug-likeness (QED) is 0.715. The molecule has 1 N–H and O–H groups in total. The van der Waals surface area contributed by atoms with Crippen LogP contribution in [0.3, 0.4) is 0 Å². The highest BCUT2D eigenvalue weighted by atomic mass is 16.5. The first kappa shape index (κ1) is 14.0. The zero-order chi connectivity index (χ0) is 12.8. The van der Waals surface area contributed by atoms with Crippen LogP contribution in [-0.2, 0) is 14.3 Å². The van der Waals surface area contributed by atoms with E-state index in [0.717, 1.165) is 12.8 Å². The molecule has 5 nitrogen and oxygen atoms in total. The maximum atomic E-state index is 11.9. The van der Waals surface area contributed by atoms with Crippen molar-refractivity contribution in [3.8, 4) is 0 Å². The van der Waals surface area contributed by atoms with Gasteiger partial charge in [0.05, 0.1) is 7.11 Å². The average molecular weight is 242 g/mol. The van der Waals surface area contributed by atoms with E-state index in [4.69, 9.17) is 4.74 Å². The summed E-state index contributed by atoms with van der Waals surface area (Å²) in [6, 6.07) is 0.00401. The summed E-state index contributed by atoms with van der Waals surface area (Å²) in [5, 5.41) is 3.19. The Morgan fingerprint density at radius 1 is 1.47 bits per heavy atom. The van der Waals surface area contributed by atoms with E-state index in [1.54, 1.807) is 4.90 Å². The Balaban J connectivity index is 2.42. The fourth-order valence-corrected chi connectivity index (χ4v) is 2.06. The van der Waals surface area contributed by atoms with E-state index in [2.05, 4.69) is 5.32 Å². The summed E-state index contributed by atoms with van der Waals surface area (Å²) in [6.07, 6.45) is 2.03. The third-order valence-electron chi connectivity index (χ3n) is 2.94. The minimum Gasteiger partial charge on any atom is -0.467 e. The van der Waals surface area contributed by atoms with E-state index in [1.165, 1.54) is 7.11 Å². The molecule has 1 atom stereocenters. The van der Waals surface area contributed by atoms with Crippen molar-refractivity contribution < 1.29 is 14.3 Å². The molecule has 5 heteroatoms. The molecule has 1 fully saturated rings. The molecule has 1 aliphatic rings. The second-order valence-electron chi connectivity index (χ2n) is 4.63. The van der Waals surface area contributed by atoms with E-state index in [-0.39, 0.29) is 17.9 Å². The van der Waals surface area contributed by atoms with Gasteiger partial charge in [-0.05, 0) is 12.8 Å². The number of hydrogen-bond donors (Lipinski definition) is 1. The number of likely N-dealkylation sites (tertiary alicyclic amines) is 1. The molecule has 1 saturated heterocycles. The molecular weight excluding hydrogens is 220 g/mol. The highest BCUT2D eigenvalue weighted by Gasteiger charge is 2.34. The fourth-order valence-electron chi connectivity index (χ4n) is 2.06. The Hall–Kier alpha value is -1.10. The molecule has 0 bridgehead atoms. The number of esters is 1. The fraction of sp³-hybridized carbons (Fsp3) is 0.833. The van der Waals surface area contributed by atoms with Crippen LogP contribution in [0.1, 0.15) is 33.1 Å². The van der Waals surface area contributed by atoms with E-state index in [1.807, 2.05) is 13.8 Å². The number of nitrogens with zero attached hydrogens (tertiary/aromatic N) is 1. The molecule has 0 aliphatic carbocycles. The molecule has 0 aromatic carbocycles. The second-order valence-corrected chi connectivity index (χ2v) is 4.63. The molecule has 0 aromatic heterocycles. The van der Waals surface area contributed by atoms with Gasteiger partial charge in [0.1, 0.15) is 6.04 Å². The standard InChI is InChI=1S/C12H22N2O3/c1-9(2)13-7-6-11(15)14-8-4-5-10(14)12(16)17-3/h9-10,13H,4-8H2,1-3H3. The molecule has 0 aromatic rings. The van der Waals surface area contributed by atoms with Crippen molar-refractivity contribution in [2.75, 3.05) is 20.2 Å². The Morgan fingerprint density at radius 2 is 2.18 bits per heavy atom. The van der Waals surface area contributed by atoms with Gasteiger partial charge in [0.2, 0.25) is 5.91 Å². The van der Waals surface area contributed by atoms with Gasteiger partial charge in [-0.25, -0.2) is 4.79 Å². The van der Waals surface area contributed by atoms with Crippen LogP contribution in [0, 0.1) is 0 Å². The molecule has 98 valence electrons. The van der Waals surface area contributed by atoms with Gasteiger partial charge >= 0.3 is 5.97 Å². The van der Waals surface area contributed by atoms with Crippen LogP contribution in [0.15, 0.2) is 0 Å². The lowest BCUT2D eigenvalue weighted by Crippen LogP contribution is -2.42. The van der Waals surface area contributed by atoms with Gasteiger partial charge in [0.25, 0.3) is 0 Å². The highest BCUT2D eigenvalue weighted by Crippen LogP contribution is 2.19. The van der Waals surface area contributed by atoms with Crippen molar-refractivity contribution >= 4 is 11.9 Å². The van der Waals surface area contributed by atoms with E-state index in [9.17, 15) is 9.59 Å². The minimum atomic E-state index is -0.369. The number of methoxy groups -OCH3 is 1. The number of carbonyl (C=O) groups is 2. The van der Waals surface area contributed by atoms with Gasteiger partial charge in [-0.2, -0.15) is 0 Å². The number of nitrogens with one attached hydrogen (secondary N) is 1. The van der Waals surface area contributed by atoms with Gasteiger partial charge in [-0.3, -0.25) is 4.79 Å². The summed E-state index contributed by atoms with van der Waals surface area (Å²) in [4.78, 5) is 25.1. The third kappa shape index (κ3) is 4.00. The molecule has 1 unspecified atom stereocenters. The molecule has 1 rings (SSSR count). The summed E-state index contributed by atoms with van der Waals surface area (Å²) in [6.45, 7) is 5.40. The normalized spacial score (nSPS) is 19.8. The largest absolute Gasteiger partial charge is 0.467 e. The Morgan fingerprint density at radius 3 is 2.76 bits per heavy atom. The number of rotatable bonds is 5. The van der Waals surface area contributed by atoms with Crippen LogP contribution in [0.25, 0.3) is 0 Å². The third-order valence-corrected chi connectivity index (χ3v) is 2.94. The maximum Gasteiger partial charge on any atom is 0.328 e. The zero-order valence-electron chi connectivity index (χ0n) is 10.9. The Bertz CT molecular complexity index is 279. The molecule has 0 saturated carbocycles. The Labute approximate surface area is 102 Å². The lowest BCUT2D eigenvalue weighted by atomic mass is 10.2. The SMILES string of the molecule is COC(=O)C1CCCN1C(=O)CCNC(C)C. The van der Waals surface area contributed by atoms with Crippen LogP contribution >= 0.6 is 0 Å². The lowest BCUT2D eigenvalue weighted by molar-refractivity contribution is -0.150. The molecular formula is C12H22N2O3. The second kappa shape index (κ2) is 6.59. The lowest BCUT2D eigenvalue weighted by Gasteiger charge is -2.22. The molecule has 1 aliphatic heterocycles. The van der Waals surface area contributed by atoms with Crippen LogP contribution in [-0.4, -0.2) is 49.1 Å². The molecule has 1 amide bonds. The Kier molecular flexibility index (Phi) is 5.41. The zero-order valence-corrected chi connectivity index (χ0v) is 10.9. The van der Waals surface area contributed by atoms with E-state index >= 15 is 0 Å². The summed E-state index contributed by atoms with van der Waals surface area (Å²) in [5.41, 5.74) is 0. The maximum absolute atomic E-state index is 11.9. The van der Waals surface area contributed by atoms with Crippen LogP contribution in [0.4, 0.5) is 0 Å². The number of amides is 1. The smallest absolute Gasteiger partial charge is 0.328 e.